The number of halogens is 9. The monoisotopic (exact) mass is 1540 g/mol. The Morgan fingerprint density at radius 3 is 0.978 bits per heavy atom. The van der Waals surface area contributed by atoms with E-state index in [9.17, 15) is 94.9 Å². The van der Waals surface area contributed by atoms with E-state index < -0.39 is 137 Å². The van der Waals surface area contributed by atoms with Gasteiger partial charge in [-0.15, -0.1) is 23.2 Å². The van der Waals surface area contributed by atoms with Crippen molar-refractivity contribution in [1.82, 2.24) is 18.9 Å². The molecule has 0 spiro atoms. The number of hydrogen-bond donors (Lipinski definition) is 8. The molecule has 5 fully saturated rings. The Labute approximate surface area is 548 Å². The van der Waals surface area contributed by atoms with Gasteiger partial charge in [-0.3, -0.25) is 0 Å². The van der Waals surface area contributed by atoms with Crippen molar-refractivity contribution in [2.45, 2.75) is 249 Å². The number of carbonyl (C=O) groups excluding carboxylic acids is 2. The summed E-state index contributed by atoms with van der Waals surface area (Å²) in [6, 6.07) is 0. The molecule has 0 heterocycles. The third-order valence-corrected chi connectivity index (χ3v) is 22.8. The first-order valence-electron chi connectivity index (χ1n) is 26.1. The highest BCUT2D eigenvalue weighted by molar-refractivity contribution is 8.13. The van der Waals surface area contributed by atoms with E-state index in [1.54, 1.807) is 55.4 Å². The smallest absolute Gasteiger partial charge is 0.475 e. The Morgan fingerprint density at radius 1 is 0.505 bits per heavy atom. The molecule has 5 saturated carbocycles. The zero-order valence-corrected chi connectivity index (χ0v) is 59.5. The minimum Gasteiger partial charge on any atom is -0.475 e. The van der Waals surface area contributed by atoms with E-state index in [4.69, 9.17) is 73.4 Å². The van der Waals surface area contributed by atoms with Gasteiger partial charge in [-0.05, 0) is 174 Å². The molecule has 91 heavy (non-hydrogen) atoms. The molecule has 5 rings (SSSR count). The molecule has 0 saturated heterocycles. The number of rotatable bonds is 15. The summed E-state index contributed by atoms with van der Waals surface area (Å²) in [6.45, 7) is 24.3. The van der Waals surface area contributed by atoms with Gasteiger partial charge in [0.25, 0.3) is 0 Å². The van der Waals surface area contributed by atoms with Crippen molar-refractivity contribution in [2.75, 3.05) is 23.3 Å². The highest BCUT2D eigenvalue weighted by atomic mass is 35.7. The summed E-state index contributed by atoms with van der Waals surface area (Å²) in [7, 11) is -18.0. The van der Waals surface area contributed by atoms with Crippen LogP contribution in [0.1, 0.15) is 189 Å². The van der Waals surface area contributed by atoms with E-state index in [1.807, 2.05) is 51.0 Å². The molecule has 0 unspecified atom stereocenters. The number of hydrogen-bond acceptors (Lipinski definition) is 20. The van der Waals surface area contributed by atoms with Crippen molar-refractivity contribution in [3.05, 3.63) is 0 Å². The molecule has 550 valence electrons. The average Bonchev–Trinajstić information content (AvgIpc) is 3.56. The van der Waals surface area contributed by atoms with Crippen LogP contribution in [-0.4, -0.2) is 176 Å². The first-order valence-corrected chi connectivity index (χ1v) is 39.0. The number of carbonyl (C=O) groups is 4. The highest BCUT2D eigenvalue weighted by Crippen LogP contribution is 2.42. The fourth-order valence-electron chi connectivity index (χ4n) is 4.59. The molecule has 0 aliphatic heterocycles. The lowest BCUT2D eigenvalue weighted by atomic mass is 10.1. The number of sulfonamides is 6. The summed E-state index contributed by atoms with van der Waals surface area (Å²) in [5, 5.41) is 23.1. The summed E-state index contributed by atoms with van der Waals surface area (Å²) in [4.78, 5) is 40.1. The maximum atomic E-state index is 11.6. The molecule has 28 nitrogen and oxygen atoms in total. The number of ether oxygens (including phenoxy) is 2. The maximum Gasteiger partial charge on any atom is 0.490 e. The van der Waals surface area contributed by atoms with Crippen LogP contribution in [0.15, 0.2) is 0 Å². The third kappa shape index (κ3) is 56.3. The quantitative estimate of drug-likeness (QED) is 0.0444. The Bertz CT molecular complexity index is 3080. The molecule has 5 aliphatic carbocycles. The summed E-state index contributed by atoms with van der Waals surface area (Å²) < 4.78 is 233. The van der Waals surface area contributed by atoms with Crippen molar-refractivity contribution in [2.24, 2.45) is 10.3 Å². The summed E-state index contributed by atoms with van der Waals surface area (Å²) in [6.07, 6.45) is -4.00. The fourth-order valence-corrected chi connectivity index (χ4v) is 13.1. The molecular formula is C47H95Cl3F6N6O22S7. The number of primary sulfonamides is 2. The largest absolute Gasteiger partial charge is 0.490 e. The minimum absolute atomic E-state index is 0. The lowest BCUT2D eigenvalue weighted by Gasteiger charge is -2.20. The highest BCUT2D eigenvalue weighted by Gasteiger charge is 2.51. The summed E-state index contributed by atoms with van der Waals surface area (Å²) >= 11 is 10.6. The van der Waals surface area contributed by atoms with Gasteiger partial charge >= 0.3 is 36.5 Å². The lowest BCUT2D eigenvalue weighted by molar-refractivity contribution is -0.193. The number of nitrogens with two attached hydrogens (primary N) is 2. The molecule has 10 N–H and O–H groups in total. The number of aliphatic carboxylic acids is 2. The average molecular weight is 1540 g/mol. The van der Waals surface area contributed by atoms with E-state index in [1.165, 1.54) is 0 Å². The SMILES string of the molecule is C.C.CC(C)(C)NS(=O)(=O)C1CC1.CC(C)(C)NS(=O)(=O)CCCCl.CC(C)(C)OC(=O)NS(=O)(=O)C1(C)CC1.CC(C)(C)OC(=O)NS(=O)(=O)C1CC1.CC1(S(N)(=O)=O)CC1.NS(=O)(=O)C1CC1.O=C(O)C(F)(F)F.O=C(O)C(F)(F)F.O=S(=O)(Cl)CCCCl. The lowest BCUT2D eigenvalue weighted by Crippen LogP contribution is -2.42. The number of nitrogens with one attached hydrogen (secondary N) is 4. The standard InChI is InChI=1S/C9H17NO4S.C8H15NO4S.C7H16ClNO2S.C7H15NO2S.C4H9NO2S.C3H6Cl2O2S.C3H7NO2S.2C2HF3O2.2CH4/c1-8(2,3)14-7(11)10-15(12,13)9(4)5-6-9;1-8(2,3)13-7(10)9-14(11,12)6-4-5-6;1-7(2,3)9-12(10,11)6-4-5-8;1-7(2,3)8-11(9,10)6-4-5-6;1-4(2-3-4)8(5,6)7;4-2-1-3-8(5,6)7;4-7(5,6)3-1-2-3;2*3-2(4,5)1(6)7;;/h5-6H2,1-4H3,(H,10,11);6H,4-5H2,1-3H3,(H,9,10);9H,4-6H2,1-3H3;6,8H,4-5H2,1-3H3;2-3H2,1H3,(H2,5,6,7);1-3H2;3H,1-2H2,(H2,4,5,6);2*(H,6,7);2*1H4. The van der Waals surface area contributed by atoms with Crippen molar-refractivity contribution >= 4 is 127 Å². The number of alkyl halides is 8. The van der Waals surface area contributed by atoms with Gasteiger partial charge in [0.1, 0.15) is 11.2 Å². The van der Waals surface area contributed by atoms with Crippen LogP contribution in [0.25, 0.3) is 0 Å². The van der Waals surface area contributed by atoms with Crippen molar-refractivity contribution < 1.29 is 124 Å². The predicted molar refractivity (Wildman–Crippen MR) is 337 cm³/mol. The minimum atomic E-state index is -5.08. The number of amides is 2. The Balaban J connectivity index is -0.000000226. The van der Waals surface area contributed by atoms with Crippen LogP contribution in [-0.2, 0) is 88.3 Å². The summed E-state index contributed by atoms with van der Waals surface area (Å²) in [5.41, 5.74) is -2.10. The first-order chi connectivity index (χ1) is 38.9. The van der Waals surface area contributed by atoms with Gasteiger partial charge in [-0.2, -0.15) is 26.3 Å². The molecule has 0 aromatic carbocycles. The molecule has 0 atom stereocenters. The van der Waals surface area contributed by atoms with Gasteiger partial charge in [0.15, 0.2) is 0 Å². The van der Waals surface area contributed by atoms with Crippen LogP contribution in [0.2, 0.25) is 0 Å². The van der Waals surface area contributed by atoms with Gasteiger partial charge in [-0.1, -0.05) is 14.9 Å². The normalized spacial score (nSPS) is 16.8. The molecule has 2 amide bonds. The third-order valence-electron chi connectivity index (χ3n) is 9.86. The van der Waals surface area contributed by atoms with Crippen LogP contribution in [0.4, 0.5) is 35.9 Å². The molecule has 0 bridgehead atoms. The maximum absolute atomic E-state index is 11.6. The van der Waals surface area contributed by atoms with E-state index in [0.29, 0.717) is 50.3 Å². The second kappa shape index (κ2) is 38.4. The van der Waals surface area contributed by atoms with Gasteiger partial charge in [0, 0.05) is 33.5 Å². The van der Waals surface area contributed by atoms with Gasteiger partial charge in [-0.25, -0.2) is 107 Å². The van der Waals surface area contributed by atoms with E-state index >= 15 is 0 Å². The second-order valence-electron chi connectivity index (χ2n) is 24.4. The van der Waals surface area contributed by atoms with Crippen LogP contribution in [0.5, 0.6) is 0 Å². The summed E-state index contributed by atoms with van der Waals surface area (Å²) in [5.74, 6) is -4.72. The van der Waals surface area contributed by atoms with Crippen LogP contribution in [0.3, 0.4) is 0 Å². The van der Waals surface area contributed by atoms with Crippen LogP contribution >= 0.6 is 33.9 Å². The van der Waals surface area contributed by atoms with Crippen molar-refractivity contribution in [1.29, 1.82) is 0 Å². The predicted octanol–water partition coefficient (Wildman–Crippen LogP) is 7.58. The topological polar surface area (TPSA) is 466 Å². The van der Waals surface area contributed by atoms with E-state index in [0.717, 1.165) is 38.5 Å². The molecule has 0 aromatic heterocycles. The Morgan fingerprint density at radius 2 is 0.791 bits per heavy atom. The van der Waals surface area contributed by atoms with Crippen LogP contribution in [0, 0.1) is 0 Å². The molecular weight excluding hydrogens is 1450 g/mol. The van der Waals surface area contributed by atoms with E-state index in [-0.39, 0.29) is 42.4 Å². The van der Waals surface area contributed by atoms with Gasteiger partial charge in [0.2, 0.25) is 69.2 Å². The van der Waals surface area contributed by atoms with Crippen molar-refractivity contribution in [3.63, 3.8) is 0 Å². The number of carboxylic acid groups (broad SMARTS) is 2. The number of carboxylic acids is 2. The zero-order valence-electron chi connectivity index (χ0n) is 51.5. The molecule has 5 aliphatic rings. The zero-order chi connectivity index (χ0) is 72.1. The second-order valence-corrected chi connectivity index (χ2v) is 39.9. The van der Waals surface area contributed by atoms with E-state index in [2.05, 4.69) is 9.44 Å². The fraction of sp³-hybridized carbons (Fsp3) is 0.915. The van der Waals surface area contributed by atoms with Crippen molar-refractivity contribution in [3.8, 4) is 0 Å². The molecule has 0 aromatic rings. The molecule has 44 heteroatoms. The Kier molecular flexibility index (Phi) is 42.0. The molecule has 0 radical (unpaired) electrons. The van der Waals surface area contributed by atoms with Crippen LogP contribution < -0.4 is 29.2 Å². The van der Waals surface area contributed by atoms with Gasteiger partial charge in [0.05, 0.1) is 36.7 Å². The Hall–Kier alpha value is -2.58. The van der Waals surface area contributed by atoms with Gasteiger partial charge < -0.3 is 19.7 Å². The first kappa shape index (κ1) is 99.5.